The fourth-order valence-corrected chi connectivity index (χ4v) is 2.69. The number of benzene rings is 2. The molecule has 0 N–H and O–H groups in total. The average molecular weight is 387 g/mol. The summed E-state index contributed by atoms with van der Waals surface area (Å²) in [6.07, 6.45) is 1.67. The van der Waals surface area contributed by atoms with Crippen molar-refractivity contribution in [1.82, 2.24) is 0 Å². The van der Waals surface area contributed by atoms with E-state index in [0.717, 1.165) is 11.3 Å². The van der Waals surface area contributed by atoms with Gasteiger partial charge in [-0.25, -0.2) is 0 Å². The highest BCUT2D eigenvalue weighted by molar-refractivity contribution is 6.29. The summed E-state index contributed by atoms with van der Waals surface area (Å²) in [5, 5.41) is -0.768. The zero-order valence-electron chi connectivity index (χ0n) is 15.2. The molecule has 1 atom stereocenters. The Balaban J connectivity index is 1.86. The molecule has 0 aliphatic carbocycles. The Labute approximate surface area is 162 Å². The number of halogens is 1. The predicted molar refractivity (Wildman–Crippen MR) is 103 cm³/mol. The van der Waals surface area contributed by atoms with Gasteiger partial charge < -0.3 is 14.2 Å². The number of hydrogen-bond acceptors (Lipinski definition) is 5. The van der Waals surface area contributed by atoms with Crippen molar-refractivity contribution in [3.8, 4) is 17.2 Å². The fraction of sp³-hybridized carbons (Fsp3) is 0.238. The maximum absolute atomic E-state index is 12.6. The van der Waals surface area contributed by atoms with Gasteiger partial charge >= 0.3 is 5.97 Å². The highest BCUT2D eigenvalue weighted by atomic mass is 35.5. The molecule has 0 bridgehead atoms. The number of rotatable bonds is 5. The molecule has 140 valence electrons. The minimum atomic E-state index is -0.768. The number of alkyl halides is 1. The maximum atomic E-state index is 12.6. The monoisotopic (exact) mass is 386 g/mol. The summed E-state index contributed by atoms with van der Waals surface area (Å²) in [4.78, 5) is 24.3. The van der Waals surface area contributed by atoms with Gasteiger partial charge in [-0.1, -0.05) is 12.1 Å². The van der Waals surface area contributed by atoms with Gasteiger partial charge in [0.15, 0.2) is 5.76 Å². The van der Waals surface area contributed by atoms with E-state index in [1.807, 2.05) is 31.2 Å². The number of carbonyl (C=O) groups is 2. The summed E-state index contributed by atoms with van der Waals surface area (Å²) in [6, 6.07) is 10.5. The Morgan fingerprint density at radius 1 is 1.22 bits per heavy atom. The van der Waals surface area contributed by atoms with E-state index < -0.39 is 11.3 Å². The van der Waals surface area contributed by atoms with Crippen molar-refractivity contribution in [3.63, 3.8) is 0 Å². The molecule has 1 unspecified atom stereocenters. The second-order valence-electron chi connectivity index (χ2n) is 6.04. The molecule has 2 aromatic carbocycles. The predicted octanol–water partition coefficient (Wildman–Crippen LogP) is 4.54. The summed E-state index contributed by atoms with van der Waals surface area (Å²) in [5.74, 6) is 0.912. The normalized spacial score (nSPS) is 15.3. The van der Waals surface area contributed by atoms with Crippen molar-refractivity contribution in [1.29, 1.82) is 0 Å². The number of esters is 1. The number of hydrogen-bond donors (Lipinski definition) is 0. The lowest BCUT2D eigenvalue weighted by Crippen LogP contribution is -2.18. The smallest absolute Gasteiger partial charge is 0.329 e. The molecule has 1 aliphatic heterocycles. The first-order valence-electron chi connectivity index (χ1n) is 8.57. The van der Waals surface area contributed by atoms with Gasteiger partial charge in [0.2, 0.25) is 5.78 Å². The molecule has 6 heteroatoms. The van der Waals surface area contributed by atoms with Gasteiger partial charge in [0.05, 0.1) is 12.2 Å². The van der Waals surface area contributed by atoms with Crippen LogP contribution in [0.5, 0.6) is 17.2 Å². The van der Waals surface area contributed by atoms with E-state index in [4.69, 9.17) is 25.8 Å². The van der Waals surface area contributed by atoms with Crippen molar-refractivity contribution in [3.05, 3.63) is 58.8 Å². The van der Waals surface area contributed by atoms with Crippen molar-refractivity contribution >= 4 is 29.4 Å². The quantitative estimate of drug-likeness (QED) is 0.326. The van der Waals surface area contributed by atoms with Crippen LogP contribution < -0.4 is 14.2 Å². The van der Waals surface area contributed by atoms with Gasteiger partial charge in [0.25, 0.3) is 0 Å². The molecule has 0 radical (unpaired) electrons. The van der Waals surface area contributed by atoms with E-state index in [2.05, 4.69) is 0 Å². The molecule has 27 heavy (non-hydrogen) atoms. The molecular formula is C21H19ClO5. The number of allylic oxidation sites excluding steroid dienone is 1. The molecule has 5 nitrogen and oxygen atoms in total. The molecular weight excluding hydrogens is 368 g/mol. The van der Waals surface area contributed by atoms with E-state index in [9.17, 15) is 9.59 Å². The first-order chi connectivity index (χ1) is 12.9. The molecule has 0 saturated carbocycles. The summed E-state index contributed by atoms with van der Waals surface area (Å²) < 4.78 is 16.4. The van der Waals surface area contributed by atoms with Gasteiger partial charge in [-0.3, -0.25) is 9.59 Å². The highest BCUT2D eigenvalue weighted by Gasteiger charge is 2.30. The molecule has 2 aromatic rings. The van der Waals surface area contributed by atoms with Crippen molar-refractivity contribution < 1.29 is 23.8 Å². The Hall–Kier alpha value is -2.79. The summed E-state index contributed by atoms with van der Waals surface area (Å²) >= 11 is 5.74. The molecule has 3 rings (SSSR count). The Morgan fingerprint density at radius 3 is 2.56 bits per heavy atom. The first-order valence-corrected chi connectivity index (χ1v) is 9.00. The molecule has 1 heterocycles. The van der Waals surface area contributed by atoms with Crippen molar-refractivity contribution in [2.75, 3.05) is 6.61 Å². The average Bonchev–Trinajstić information content (AvgIpc) is 2.96. The Bertz CT molecular complexity index is 913. The van der Waals surface area contributed by atoms with Crippen LogP contribution in [0.25, 0.3) is 6.08 Å². The Kier molecular flexibility index (Phi) is 5.51. The topological polar surface area (TPSA) is 61.8 Å². The van der Waals surface area contributed by atoms with E-state index in [0.29, 0.717) is 29.2 Å². The minimum Gasteiger partial charge on any atom is -0.494 e. The summed E-state index contributed by atoms with van der Waals surface area (Å²) in [7, 11) is 0. The van der Waals surface area contributed by atoms with Crippen LogP contribution >= 0.6 is 11.6 Å². The molecule has 0 amide bonds. The fourth-order valence-electron chi connectivity index (χ4n) is 2.65. The molecule has 0 fully saturated rings. The second-order valence-corrected chi connectivity index (χ2v) is 6.70. The maximum Gasteiger partial charge on any atom is 0.329 e. The zero-order valence-corrected chi connectivity index (χ0v) is 16.0. The van der Waals surface area contributed by atoms with Crippen LogP contribution in [0.1, 0.15) is 35.3 Å². The minimum absolute atomic E-state index is 0.214. The van der Waals surface area contributed by atoms with Crippen LogP contribution in [-0.2, 0) is 4.79 Å². The van der Waals surface area contributed by atoms with Crippen LogP contribution in [0.4, 0.5) is 0 Å². The van der Waals surface area contributed by atoms with Gasteiger partial charge in [0.1, 0.15) is 22.6 Å². The molecule has 0 aromatic heterocycles. The van der Waals surface area contributed by atoms with Crippen LogP contribution in [0.3, 0.4) is 0 Å². The standard InChI is InChI=1S/C21H19ClO5/c1-4-25-15-7-5-14(6-8-15)11-18-19(23)16-9-10-17(12(2)20(16)26-18)27-21(24)13(3)22/h5-11,13H,4H2,1-3H3/b18-11-. The lowest BCUT2D eigenvalue weighted by molar-refractivity contribution is -0.133. The second kappa shape index (κ2) is 7.84. The Morgan fingerprint density at radius 2 is 1.93 bits per heavy atom. The third kappa shape index (κ3) is 3.98. The number of Topliss-reactive ketones (excluding diaryl/α,β-unsaturated/α-hetero) is 1. The van der Waals surface area contributed by atoms with Gasteiger partial charge in [-0.15, -0.1) is 11.6 Å². The first kappa shape index (κ1) is 19.0. The van der Waals surface area contributed by atoms with Gasteiger partial charge in [-0.05, 0) is 56.7 Å². The molecule has 0 spiro atoms. The number of fused-ring (bicyclic) bond motifs is 1. The molecule has 0 saturated heterocycles. The number of ketones is 1. The van der Waals surface area contributed by atoms with Gasteiger partial charge in [0, 0.05) is 5.56 Å². The highest BCUT2D eigenvalue weighted by Crippen LogP contribution is 2.39. The SMILES string of the molecule is CCOc1ccc(/C=C2\Oc3c(ccc(OC(=O)C(C)Cl)c3C)C2=O)cc1. The van der Waals surface area contributed by atoms with E-state index in [1.165, 1.54) is 6.92 Å². The zero-order chi connectivity index (χ0) is 19.6. The van der Waals surface area contributed by atoms with Crippen LogP contribution in [-0.4, -0.2) is 23.7 Å². The van der Waals surface area contributed by atoms with E-state index in [1.54, 1.807) is 25.1 Å². The summed E-state index contributed by atoms with van der Waals surface area (Å²) in [6.45, 7) is 5.77. The largest absolute Gasteiger partial charge is 0.494 e. The lowest BCUT2D eigenvalue weighted by Gasteiger charge is -2.10. The van der Waals surface area contributed by atoms with E-state index >= 15 is 0 Å². The van der Waals surface area contributed by atoms with Crippen LogP contribution in [0.15, 0.2) is 42.2 Å². The number of carbonyl (C=O) groups excluding carboxylic acids is 2. The van der Waals surface area contributed by atoms with Gasteiger partial charge in [-0.2, -0.15) is 0 Å². The van der Waals surface area contributed by atoms with Crippen molar-refractivity contribution in [2.45, 2.75) is 26.1 Å². The van der Waals surface area contributed by atoms with Crippen molar-refractivity contribution in [2.24, 2.45) is 0 Å². The third-order valence-corrected chi connectivity index (χ3v) is 4.24. The van der Waals surface area contributed by atoms with Crippen LogP contribution in [0, 0.1) is 6.92 Å². The number of ether oxygens (including phenoxy) is 3. The lowest BCUT2D eigenvalue weighted by atomic mass is 10.1. The van der Waals surface area contributed by atoms with E-state index in [-0.39, 0.29) is 11.5 Å². The molecule has 1 aliphatic rings. The van der Waals surface area contributed by atoms with Crippen LogP contribution in [0.2, 0.25) is 0 Å². The third-order valence-electron chi connectivity index (χ3n) is 4.06. The summed E-state index contributed by atoms with van der Waals surface area (Å²) in [5.41, 5.74) is 1.82.